The van der Waals surface area contributed by atoms with Gasteiger partial charge in [-0.15, -0.1) is 0 Å². The molecule has 122 valence electrons. The van der Waals surface area contributed by atoms with E-state index in [1.54, 1.807) is 21.9 Å². The highest BCUT2D eigenvalue weighted by atomic mass is 16.5. The Hall–Kier alpha value is -2.82. The predicted molar refractivity (Wildman–Crippen MR) is 91.6 cm³/mol. The molecule has 0 radical (unpaired) electrons. The summed E-state index contributed by atoms with van der Waals surface area (Å²) >= 11 is 0. The van der Waals surface area contributed by atoms with Crippen LogP contribution >= 0.6 is 0 Å². The molecule has 2 aliphatic rings. The number of para-hydroxylation sites is 2. The maximum atomic E-state index is 12.8. The zero-order valence-corrected chi connectivity index (χ0v) is 13.3. The molecule has 2 amide bonds. The molecule has 0 aliphatic carbocycles. The molecule has 0 atom stereocenters. The third kappa shape index (κ3) is 2.52. The van der Waals surface area contributed by atoms with Gasteiger partial charge in [0.1, 0.15) is 12.4 Å². The molecule has 0 bridgehead atoms. The van der Waals surface area contributed by atoms with Crippen LogP contribution in [0.3, 0.4) is 0 Å². The first-order valence-corrected chi connectivity index (χ1v) is 8.18. The Kier molecular flexibility index (Phi) is 3.69. The predicted octanol–water partition coefficient (Wildman–Crippen LogP) is 2.85. The smallest absolute Gasteiger partial charge is 0.258 e. The minimum absolute atomic E-state index is 0.0509. The van der Waals surface area contributed by atoms with Crippen molar-refractivity contribution in [2.75, 3.05) is 29.5 Å². The van der Waals surface area contributed by atoms with Crippen LogP contribution in [-0.2, 0) is 4.79 Å². The number of carbonyl (C=O) groups is 2. The third-order valence-corrected chi connectivity index (χ3v) is 4.47. The Balaban J connectivity index is 1.58. The second-order valence-electron chi connectivity index (χ2n) is 5.97. The molecule has 2 heterocycles. The molecule has 1 fully saturated rings. The van der Waals surface area contributed by atoms with Crippen molar-refractivity contribution in [3.05, 3.63) is 54.1 Å². The van der Waals surface area contributed by atoms with Crippen LogP contribution in [0.1, 0.15) is 23.2 Å². The van der Waals surface area contributed by atoms with E-state index in [-0.39, 0.29) is 11.8 Å². The summed E-state index contributed by atoms with van der Waals surface area (Å²) in [7, 11) is 0. The van der Waals surface area contributed by atoms with Crippen LogP contribution in [0.2, 0.25) is 0 Å². The van der Waals surface area contributed by atoms with Crippen LogP contribution in [0, 0.1) is 0 Å². The summed E-state index contributed by atoms with van der Waals surface area (Å²) in [5.41, 5.74) is 2.27. The lowest BCUT2D eigenvalue weighted by molar-refractivity contribution is -0.117. The minimum Gasteiger partial charge on any atom is -0.490 e. The largest absolute Gasteiger partial charge is 0.490 e. The Labute approximate surface area is 140 Å². The van der Waals surface area contributed by atoms with Crippen molar-refractivity contribution in [3.8, 4) is 5.75 Å². The van der Waals surface area contributed by atoms with E-state index in [1.165, 1.54) is 0 Å². The van der Waals surface area contributed by atoms with Crippen molar-refractivity contribution in [1.82, 2.24) is 0 Å². The lowest BCUT2D eigenvalue weighted by atomic mass is 10.1. The molecule has 5 nitrogen and oxygen atoms in total. The van der Waals surface area contributed by atoms with Crippen molar-refractivity contribution in [2.45, 2.75) is 12.8 Å². The average molecular weight is 322 g/mol. The summed E-state index contributed by atoms with van der Waals surface area (Å²) in [6.45, 7) is 1.77. The van der Waals surface area contributed by atoms with Gasteiger partial charge in [0.2, 0.25) is 5.91 Å². The first-order chi connectivity index (χ1) is 11.7. The van der Waals surface area contributed by atoms with Crippen LogP contribution in [-0.4, -0.2) is 31.5 Å². The number of hydrogen-bond acceptors (Lipinski definition) is 3. The quantitative estimate of drug-likeness (QED) is 0.854. The fourth-order valence-corrected chi connectivity index (χ4v) is 3.24. The fourth-order valence-electron chi connectivity index (χ4n) is 3.24. The van der Waals surface area contributed by atoms with Gasteiger partial charge in [-0.25, -0.2) is 0 Å². The van der Waals surface area contributed by atoms with E-state index in [0.29, 0.717) is 25.1 Å². The first kappa shape index (κ1) is 14.8. The van der Waals surface area contributed by atoms with Gasteiger partial charge in [-0.1, -0.05) is 12.1 Å². The summed E-state index contributed by atoms with van der Waals surface area (Å²) < 4.78 is 5.60. The summed E-state index contributed by atoms with van der Waals surface area (Å²) in [5, 5.41) is 0. The number of amides is 2. The van der Waals surface area contributed by atoms with Crippen molar-refractivity contribution < 1.29 is 14.3 Å². The van der Waals surface area contributed by atoms with Crippen molar-refractivity contribution in [2.24, 2.45) is 0 Å². The molecule has 0 saturated carbocycles. The Morgan fingerprint density at radius 2 is 1.79 bits per heavy atom. The monoisotopic (exact) mass is 322 g/mol. The Morgan fingerprint density at radius 3 is 2.54 bits per heavy atom. The SMILES string of the molecule is O=C1CCCN1c1ccc(C(=O)N2CCOc3ccccc32)cc1. The maximum Gasteiger partial charge on any atom is 0.258 e. The van der Waals surface area contributed by atoms with E-state index in [0.717, 1.165) is 30.1 Å². The third-order valence-electron chi connectivity index (χ3n) is 4.47. The van der Waals surface area contributed by atoms with E-state index >= 15 is 0 Å². The number of ether oxygens (including phenoxy) is 1. The van der Waals surface area contributed by atoms with Crippen LogP contribution in [0.15, 0.2) is 48.5 Å². The molecule has 0 spiro atoms. The number of carbonyl (C=O) groups excluding carboxylic acids is 2. The van der Waals surface area contributed by atoms with Gasteiger partial charge in [-0.05, 0) is 42.8 Å². The highest BCUT2D eigenvalue weighted by Gasteiger charge is 2.25. The molecule has 0 aromatic heterocycles. The number of benzene rings is 2. The molecule has 5 heteroatoms. The van der Waals surface area contributed by atoms with E-state index in [1.807, 2.05) is 36.4 Å². The molecule has 0 N–H and O–H groups in total. The summed E-state index contributed by atoms with van der Waals surface area (Å²) in [5.74, 6) is 0.831. The van der Waals surface area contributed by atoms with Crippen LogP contribution < -0.4 is 14.5 Å². The van der Waals surface area contributed by atoms with Gasteiger partial charge in [0.15, 0.2) is 0 Å². The standard InChI is InChI=1S/C19H18N2O3/c22-18-6-3-11-20(18)15-9-7-14(8-10-15)19(23)21-12-13-24-17-5-2-1-4-16(17)21/h1-2,4-5,7-10H,3,6,11-13H2. The van der Waals surface area contributed by atoms with Gasteiger partial charge in [0.05, 0.1) is 12.2 Å². The highest BCUT2D eigenvalue weighted by molar-refractivity contribution is 6.07. The molecular formula is C19H18N2O3. The van der Waals surface area contributed by atoms with E-state index in [4.69, 9.17) is 4.74 Å². The molecule has 2 aliphatic heterocycles. The van der Waals surface area contributed by atoms with Gasteiger partial charge < -0.3 is 14.5 Å². The van der Waals surface area contributed by atoms with Crippen LogP contribution in [0.5, 0.6) is 5.75 Å². The molecule has 0 unspecified atom stereocenters. The van der Waals surface area contributed by atoms with Gasteiger partial charge in [0, 0.05) is 24.2 Å². The summed E-state index contributed by atoms with van der Waals surface area (Å²) in [6, 6.07) is 14.8. The molecule has 24 heavy (non-hydrogen) atoms. The summed E-state index contributed by atoms with van der Waals surface area (Å²) in [6.07, 6.45) is 1.50. The van der Waals surface area contributed by atoms with Crippen molar-refractivity contribution >= 4 is 23.2 Å². The minimum atomic E-state index is -0.0509. The van der Waals surface area contributed by atoms with Gasteiger partial charge in [0.25, 0.3) is 5.91 Å². The lowest BCUT2D eigenvalue weighted by Crippen LogP contribution is -2.37. The molecule has 2 aromatic rings. The topological polar surface area (TPSA) is 49.9 Å². The second kappa shape index (κ2) is 6.00. The number of fused-ring (bicyclic) bond motifs is 1. The number of anilines is 2. The van der Waals surface area contributed by atoms with Crippen molar-refractivity contribution in [1.29, 1.82) is 0 Å². The summed E-state index contributed by atoms with van der Waals surface area (Å²) in [4.78, 5) is 28.2. The first-order valence-electron chi connectivity index (χ1n) is 8.18. The lowest BCUT2D eigenvalue weighted by Gasteiger charge is -2.29. The van der Waals surface area contributed by atoms with E-state index < -0.39 is 0 Å². The van der Waals surface area contributed by atoms with Gasteiger partial charge in [-0.3, -0.25) is 9.59 Å². The Bertz CT molecular complexity index is 785. The zero-order chi connectivity index (χ0) is 16.5. The molecule has 4 rings (SSSR count). The molecule has 1 saturated heterocycles. The van der Waals surface area contributed by atoms with Gasteiger partial charge in [-0.2, -0.15) is 0 Å². The average Bonchev–Trinajstić information content (AvgIpc) is 3.07. The fraction of sp³-hybridized carbons (Fsp3) is 0.263. The van der Waals surface area contributed by atoms with Crippen LogP contribution in [0.4, 0.5) is 11.4 Å². The zero-order valence-electron chi connectivity index (χ0n) is 13.3. The molecular weight excluding hydrogens is 304 g/mol. The number of nitrogens with zero attached hydrogens (tertiary/aromatic N) is 2. The number of rotatable bonds is 2. The maximum absolute atomic E-state index is 12.8. The number of hydrogen-bond donors (Lipinski definition) is 0. The second-order valence-corrected chi connectivity index (χ2v) is 5.97. The Morgan fingerprint density at radius 1 is 1.00 bits per heavy atom. The highest BCUT2D eigenvalue weighted by Crippen LogP contribution is 2.32. The normalized spacial score (nSPS) is 16.8. The van der Waals surface area contributed by atoms with E-state index in [9.17, 15) is 9.59 Å². The van der Waals surface area contributed by atoms with Crippen LogP contribution in [0.25, 0.3) is 0 Å². The van der Waals surface area contributed by atoms with Crippen molar-refractivity contribution in [3.63, 3.8) is 0 Å². The van der Waals surface area contributed by atoms with E-state index in [2.05, 4.69) is 0 Å². The molecule has 2 aromatic carbocycles. The van der Waals surface area contributed by atoms with Gasteiger partial charge >= 0.3 is 0 Å².